The SMILES string of the molecule is [Mo+4].[Mo].[O-2].[O-2]. The van der Waals surface area contributed by atoms with Gasteiger partial charge in [0.15, 0.2) is 0 Å². The van der Waals surface area contributed by atoms with E-state index in [1.165, 1.54) is 0 Å². The normalized spacial score (nSPS) is 0. The topological polar surface area (TPSA) is 57.0 Å². The molecular weight excluding hydrogens is 224 g/mol. The van der Waals surface area contributed by atoms with E-state index in [9.17, 15) is 0 Å². The molecule has 0 aromatic carbocycles. The van der Waals surface area contributed by atoms with Gasteiger partial charge in [-0.25, -0.2) is 0 Å². The summed E-state index contributed by atoms with van der Waals surface area (Å²) >= 11 is 0. The smallest absolute Gasteiger partial charge is 2.00 e. The van der Waals surface area contributed by atoms with E-state index in [1.54, 1.807) is 0 Å². The summed E-state index contributed by atoms with van der Waals surface area (Å²) in [5.74, 6) is 0. The molecule has 0 aliphatic rings. The summed E-state index contributed by atoms with van der Waals surface area (Å²) in [7, 11) is 0. The molecule has 2 nitrogen and oxygen atoms in total. The minimum atomic E-state index is 0. The first-order chi connectivity index (χ1) is 0. The molecule has 4 heteroatoms. The first kappa shape index (κ1) is 58.2. The molecule has 0 bridgehead atoms. The maximum absolute atomic E-state index is 0. The van der Waals surface area contributed by atoms with Gasteiger partial charge < -0.3 is 11.0 Å². The number of hydrogen-bond donors (Lipinski definition) is 0. The Labute approximate surface area is 53.1 Å². The quantitative estimate of drug-likeness (QED) is 0.509. The minimum Gasteiger partial charge on any atom is -2.00 e. The fraction of sp³-hybridized carbons (Fsp3) is 0. The van der Waals surface area contributed by atoms with E-state index in [-0.39, 0.29) is 53.1 Å². The van der Waals surface area contributed by atoms with Gasteiger partial charge in [0, 0.05) is 21.1 Å². The van der Waals surface area contributed by atoms with Crippen LogP contribution in [0.15, 0.2) is 0 Å². The van der Waals surface area contributed by atoms with Gasteiger partial charge in [-0.2, -0.15) is 0 Å². The van der Waals surface area contributed by atoms with Crippen LogP contribution in [0.4, 0.5) is 0 Å². The van der Waals surface area contributed by atoms with Gasteiger partial charge in [0.25, 0.3) is 0 Å². The van der Waals surface area contributed by atoms with Crippen LogP contribution in [0.3, 0.4) is 0 Å². The number of rotatable bonds is 0. The third kappa shape index (κ3) is 10.3. The molecule has 0 fully saturated rings. The number of hydrogen-bond acceptors (Lipinski definition) is 0. The van der Waals surface area contributed by atoms with Gasteiger partial charge in [-0.05, 0) is 0 Å². The van der Waals surface area contributed by atoms with Crippen LogP contribution in [0.2, 0.25) is 0 Å². The molecule has 0 rings (SSSR count). The molecule has 0 radical (unpaired) electrons. The van der Waals surface area contributed by atoms with Gasteiger partial charge >= 0.3 is 21.1 Å². The van der Waals surface area contributed by atoms with E-state index >= 15 is 0 Å². The molecule has 0 aromatic heterocycles. The summed E-state index contributed by atoms with van der Waals surface area (Å²) in [4.78, 5) is 0. The van der Waals surface area contributed by atoms with Crippen LogP contribution >= 0.6 is 0 Å². The van der Waals surface area contributed by atoms with E-state index in [4.69, 9.17) is 0 Å². The van der Waals surface area contributed by atoms with Crippen molar-refractivity contribution in [3.05, 3.63) is 0 Å². The second-order valence-electron chi connectivity index (χ2n) is 0. The van der Waals surface area contributed by atoms with Crippen LogP contribution in [0.1, 0.15) is 0 Å². The predicted molar refractivity (Wildman–Crippen MR) is 1.37 cm³/mol. The fourth-order valence-corrected chi connectivity index (χ4v) is 0. The summed E-state index contributed by atoms with van der Waals surface area (Å²) < 4.78 is 0. The molecule has 0 atom stereocenters. The van der Waals surface area contributed by atoms with Crippen LogP contribution in [0.25, 0.3) is 0 Å². The average Bonchev–Trinajstić information content (AvgIpc) is 0. The summed E-state index contributed by atoms with van der Waals surface area (Å²) in [6, 6.07) is 0. The molecule has 0 unspecified atom stereocenters. The van der Waals surface area contributed by atoms with Crippen LogP contribution in [-0.4, -0.2) is 0 Å². The summed E-state index contributed by atoms with van der Waals surface area (Å²) in [6.45, 7) is 0. The molecule has 0 heterocycles. The molecule has 0 aromatic rings. The largest absolute Gasteiger partial charge is 4.00 e. The monoisotopic (exact) mass is 228 g/mol. The van der Waals surface area contributed by atoms with Gasteiger partial charge in [0.05, 0.1) is 0 Å². The van der Waals surface area contributed by atoms with E-state index in [0.29, 0.717) is 0 Å². The summed E-state index contributed by atoms with van der Waals surface area (Å²) in [5.41, 5.74) is 0. The Kier molecular flexibility index (Phi) is 404. The Morgan fingerprint density at radius 1 is 0.750 bits per heavy atom. The second kappa shape index (κ2) is 27.8. The van der Waals surface area contributed by atoms with Crippen LogP contribution in [0.5, 0.6) is 0 Å². The predicted octanol–water partition coefficient (Wildman–Crippen LogP) is -0.243. The Morgan fingerprint density at radius 2 is 0.750 bits per heavy atom. The van der Waals surface area contributed by atoms with Crippen molar-refractivity contribution < 1.29 is 53.1 Å². The van der Waals surface area contributed by atoms with E-state index in [2.05, 4.69) is 0 Å². The Morgan fingerprint density at radius 3 is 0.750 bits per heavy atom. The average molecular weight is 224 g/mol. The zero-order valence-electron chi connectivity index (χ0n) is 1.63. The van der Waals surface area contributed by atoms with Crippen molar-refractivity contribution in [1.82, 2.24) is 0 Å². The summed E-state index contributed by atoms with van der Waals surface area (Å²) in [5, 5.41) is 0. The van der Waals surface area contributed by atoms with Crippen molar-refractivity contribution in [3.63, 3.8) is 0 Å². The molecule has 24 valence electrons. The Hall–Kier alpha value is 1.30. The molecule has 0 spiro atoms. The zero-order chi connectivity index (χ0) is 0. The van der Waals surface area contributed by atoms with Crippen molar-refractivity contribution in [2.75, 3.05) is 0 Å². The van der Waals surface area contributed by atoms with Crippen molar-refractivity contribution in [3.8, 4) is 0 Å². The van der Waals surface area contributed by atoms with Gasteiger partial charge in [-0.3, -0.25) is 0 Å². The van der Waals surface area contributed by atoms with Crippen LogP contribution < -0.4 is 0 Å². The fourth-order valence-electron chi connectivity index (χ4n) is 0. The molecule has 4 heavy (non-hydrogen) atoms. The molecular formula is Mo2O2. The first-order valence-electron chi connectivity index (χ1n) is 0. The third-order valence-electron chi connectivity index (χ3n) is 0. The summed E-state index contributed by atoms with van der Waals surface area (Å²) in [6.07, 6.45) is 0. The van der Waals surface area contributed by atoms with Crippen molar-refractivity contribution >= 4 is 0 Å². The zero-order valence-corrected chi connectivity index (χ0v) is 5.65. The first-order valence-corrected chi connectivity index (χ1v) is 0. The molecule has 0 aliphatic heterocycles. The van der Waals surface area contributed by atoms with Crippen molar-refractivity contribution in [2.45, 2.75) is 0 Å². The maximum Gasteiger partial charge on any atom is 4.00 e. The van der Waals surface area contributed by atoms with E-state index < -0.39 is 0 Å². The molecule has 0 saturated heterocycles. The molecule has 0 saturated carbocycles. The van der Waals surface area contributed by atoms with Crippen LogP contribution in [0, 0.1) is 0 Å². The van der Waals surface area contributed by atoms with E-state index in [0.717, 1.165) is 0 Å². The Bertz CT molecular complexity index is 4.00. The van der Waals surface area contributed by atoms with Crippen molar-refractivity contribution in [2.24, 2.45) is 0 Å². The van der Waals surface area contributed by atoms with Crippen molar-refractivity contribution in [1.29, 1.82) is 0 Å². The van der Waals surface area contributed by atoms with Gasteiger partial charge in [-0.15, -0.1) is 0 Å². The maximum atomic E-state index is 0. The third-order valence-corrected chi connectivity index (χ3v) is 0. The van der Waals surface area contributed by atoms with Gasteiger partial charge in [0.2, 0.25) is 0 Å². The molecule has 0 N–H and O–H groups in total. The molecule has 0 aliphatic carbocycles. The Balaban J connectivity index is 0. The van der Waals surface area contributed by atoms with Gasteiger partial charge in [0.1, 0.15) is 0 Å². The van der Waals surface area contributed by atoms with Gasteiger partial charge in [-0.1, -0.05) is 0 Å². The van der Waals surface area contributed by atoms with Crippen LogP contribution in [-0.2, 0) is 53.1 Å². The molecule has 0 amide bonds. The second-order valence-corrected chi connectivity index (χ2v) is 0. The minimum absolute atomic E-state index is 0. The van der Waals surface area contributed by atoms with E-state index in [1.807, 2.05) is 0 Å². The standard InChI is InChI=1S/2Mo.2O/q;+4;2*-2.